The minimum atomic E-state index is -4.69. The van der Waals surface area contributed by atoms with Gasteiger partial charge in [0, 0.05) is 29.7 Å². The lowest BCUT2D eigenvalue weighted by molar-refractivity contribution is -0.137. The summed E-state index contributed by atoms with van der Waals surface area (Å²) in [5, 5.41) is 5.49. The van der Waals surface area contributed by atoms with E-state index in [4.69, 9.17) is 0 Å². The zero-order valence-electron chi connectivity index (χ0n) is 17.2. The number of aromatic nitrogens is 3. The van der Waals surface area contributed by atoms with Crippen molar-refractivity contribution in [3.8, 4) is 0 Å². The molecule has 0 aliphatic heterocycles. The van der Waals surface area contributed by atoms with Gasteiger partial charge in [-0.3, -0.25) is 4.72 Å². The maximum atomic E-state index is 13.5. The number of benzene rings is 1. The second kappa shape index (κ2) is 9.39. The second-order valence-electron chi connectivity index (χ2n) is 6.76. The van der Waals surface area contributed by atoms with Crippen molar-refractivity contribution in [1.29, 1.82) is 0 Å². The highest BCUT2D eigenvalue weighted by Crippen LogP contribution is 2.34. The Morgan fingerprint density at radius 2 is 1.72 bits per heavy atom. The van der Waals surface area contributed by atoms with Crippen molar-refractivity contribution in [2.45, 2.75) is 26.6 Å². The van der Waals surface area contributed by atoms with E-state index >= 15 is 0 Å². The molecular formula is C20H21F3N6O2S. The van der Waals surface area contributed by atoms with Crippen LogP contribution >= 0.6 is 0 Å². The van der Waals surface area contributed by atoms with Gasteiger partial charge >= 0.3 is 6.18 Å². The van der Waals surface area contributed by atoms with Crippen molar-refractivity contribution in [2.75, 3.05) is 21.1 Å². The quantitative estimate of drug-likeness (QED) is 0.454. The Morgan fingerprint density at radius 3 is 2.38 bits per heavy atom. The molecule has 170 valence electrons. The number of hydrogen-bond acceptors (Lipinski definition) is 7. The Labute approximate surface area is 183 Å². The maximum absolute atomic E-state index is 13.5. The summed E-state index contributed by atoms with van der Waals surface area (Å²) in [5.74, 6) is -0.602. The minimum Gasteiger partial charge on any atom is -0.365 e. The molecule has 0 fully saturated rings. The van der Waals surface area contributed by atoms with Gasteiger partial charge in [-0.25, -0.2) is 18.4 Å². The largest absolute Gasteiger partial charge is 0.421 e. The molecule has 0 aliphatic carbocycles. The summed E-state index contributed by atoms with van der Waals surface area (Å²) in [6.45, 7) is 2.99. The number of para-hydroxylation sites is 1. The van der Waals surface area contributed by atoms with Gasteiger partial charge in [0.15, 0.2) is 0 Å². The van der Waals surface area contributed by atoms with Crippen LogP contribution in [0.2, 0.25) is 0 Å². The lowest BCUT2D eigenvalue weighted by atomic mass is 10.2. The van der Waals surface area contributed by atoms with Gasteiger partial charge in [-0.1, -0.05) is 24.3 Å². The fourth-order valence-corrected chi connectivity index (χ4v) is 3.27. The van der Waals surface area contributed by atoms with Crippen molar-refractivity contribution in [3.63, 3.8) is 0 Å². The zero-order valence-corrected chi connectivity index (χ0v) is 18.0. The highest BCUT2D eigenvalue weighted by molar-refractivity contribution is 7.92. The highest BCUT2D eigenvalue weighted by atomic mass is 32.2. The average Bonchev–Trinajstić information content (AvgIpc) is 2.73. The van der Waals surface area contributed by atoms with Gasteiger partial charge in [-0.2, -0.15) is 18.2 Å². The fourth-order valence-electron chi connectivity index (χ4n) is 2.65. The molecular weight excluding hydrogens is 445 g/mol. The van der Waals surface area contributed by atoms with E-state index in [1.54, 1.807) is 49.4 Å². The van der Waals surface area contributed by atoms with Gasteiger partial charge in [-0.05, 0) is 32.0 Å². The van der Waals surface area contributed by atoms with Crippen molar-refractivity contribution < 1.29 is 21.6 Å². The lowest BCUT2D eigenvalue weighted by Crippen LogP contribution is -2.19. The number of alkyl halides is 3. The molecule has 0 radical (unpaired) electrons. The van der Waals surface area contributed by atoms with Crippen molar-refractivity contribution in [3.05, 3.63) is 65.5 Å². The first-order valence-electron chi connectivity index (χ1n) is 9.54. The standard InChI is InChI=1S/C20H21F3N6O2S/c1-3-32(30,31)29-17-14(10-9-13(2)26-17)11-24-18-16(20(21,22)23)12-25-19(28-18)27-15-7-5-4-6-8-15/h4-10,12H,3,11H2,1-2H3,(H,26,29)(H2,24,25,27,28). The number of hydrogen-bond donors (Lipinski definition) is 3. The van der Waals surface area contributed by atoms with Crippen LogP contribution in [0.3, 0.4) is 0 Å². The predicted octanol–water partition coefficient (Wildman–Crippen LogP) is 4.32. The molecule has 3 N–H and O–H groups in total. The van der Waals surface area contributed by atoms with Crippen LogP contribution in [0.1, 0.15) is 23.7 Å². The Kier molecular flexibility index (Phi) is 6.82. The van der Waals surface area contributed by atoms with Gasteiger partial charge in [0.05, 0.1) is 5.75 Å². The molecule has 8 nitrogen and oxygen atoms in total. The molecule has 3 aromatic rings. The first-order valence-corrected chi connectivity index (χ1v) is 11.2. The number of sulfonamides is 1. The van der Waals surface area contributed by atoms with Crippen LogP contribution in [0, 0.1) is 6.92 Å². The Balaban J connectivity index is 1.90. The third-order valence-electron chi connectivity index (χ3n) is 4.32. The molecule has 0 aliphatic rings. The average molecular weight is 466 g/mol. The summed E-state index contributed by atoms with van der Waals surface area (Å²) in [6, 6.07) is 12.0. The van der Waals surface area contributed by atoms with Gasteiger partial charge in [-0.15, -0.1) is 0 Å². The molecule has 0 spiro atoms. The van der Waals surface area contributed by atoms with Gasteiger partial charge in [0.2, 0.25) is 16.0 Å². The van der Waals surface area contributed by atoms with Crippen LogP contribution in [-0.2, 0) is 22.7 Å². The predicted molar refractivity (Wildman–Crippen MR) is 116 cm³/mol. The number of halogens is 3. The lowest BCUT2D eigenvalue weighted by Gasteiger charge is -2.16. The Hall–Kier alpha value is -3.41. The number of pyridine rings is 1. The van der Waals surface area contributed by atoms with Crippen molar-refractivity contribution in [1.82, 2.24) is 15.0 Å². The van der Waals surface area contributed by atoms with Gasteiger partial charge in [0.1, 0.15) is 17.2 Å². The normalized spacial score (nSPS) is 11.8. The van der Waals surface area contributed by atoms with E-state index in [9.17, 15) is 21.6 Å². The van der Waals surface area contributed by atoms with E-state index < -0.39 is 27.6 Å². The molecule has 32 heavy (non-hydrogen) atoms. The summed E-state index contributed by atoms with van der Waals surface area (Å²) < 4.78 is 66.7. The molecule has 12 heteroatoms. The summed E-state index contributed by atoms with van der Waals surface area (Å²) >= 11 is 0. The third-order valence-corrected chi connectivity index (χ3v) is 5.59. The Morgan fingerprint density at radius 1 is 1.00 bits per heavy atom. The third kappa shape index (κ3) is 6.06. The van der Waals surface area contributed by atoms with Gasteiger partial charge in [0.25, 0.3) is 0 Å². The summed E-state index contributed by atoms with van der Waals surface area (Å²) in [6.07, 6.45) is -4.00. The molecule has 0 amide bonds. The van der Waals surface area contributed by atoms with Gasteiger partial charge < -0.3 is 10.6 Å². The maximum Gasteiger partial charge on any atom is 0.421 e. The van der Waals surface area contributed by atoms with E-state index in [0.29, 0.717) is 23.1 Å². The zero-order chi connectivity index (χ0) is 23.4. The first kappa shape index (κ1) is 23.3. The van der Waals surface area contributed by atoms with E-state index in [0.717, 1.165) is 0 Å². The van der Waals surface area contributed by atoms with E-state index in [-0.39, 0.29) is 24.1 Å². The smallest absolute Gasteiger partial charge is 0.365 e. The molecule has 2 aromatic heterocycles. The summed E-state index contributed by atoms with van der Waals surface area (Å²) in [4.78, 5) is 11.9. The molecule has 0 unspecified atom stereocenters. The number of nitrogens with one attached hydrogen (secondary N) is 3. The van der Waals surface area contributed by atoms with Crippen LogP contribution in [0.15, 0.2) is 48.7 Å². The van der Waals surface area contributed by atoms with Crippen molar-refractivity contribution in [2.24, 2.45) is 0 Å². The van der Waals surface area contributed by atoms with E-state index in [2.05, 4.69) is 30.3 Å². The molecule has 0 bridgehead atoms. The van der Waals surface area contributed by atoms with Crippen LogP contribution in [0.25, 0.3) is 0 Å². The second-order valence-corrected chi connectivity index (χ2v) is 8.78. The minimum absolute atomic E-state index is 0.0272. The topological polar surface area (TPSA) is 109 Å². The van der Waals surface area contributed by atoms with Crippen LogP contribution in [0.5, 0.6) is 0 Å². The van der Waals surface area contributed by atoms with Crippen molar-refractivity contribution >= 4 is 33.3 Å². The summed E-state index contributed by atoms with van der Waals surface area (Å²) in [5.41, 5.74) is 0.468. The fraction of sp³-hybridized carbons (Fsp3) is 0.250. The van der Waals surface area contributed by atoms with Crippen LogP contribution in [-0.4, -0.2) is 29.1 Å². The summed E-state index contributed by atoms with van der Waals surface area (Å²) in [7, 11) is -3.62. The number of rotatable bonds is 8. The van der Waals surface area contributed by atoms with Crippen LogP contribution in [0.4, 0.5) is 36.4 Å². The Bertz CT molecular complexity index is 1190. The molecule has 2 heterocycles. The molecule has 0 saturated heterocycles. The SMILES string of the molecule is CCS(=O)(=O)Nc1nc(C)ccc1CNc1nc(Nc2ccccc2)ncc1C(F)(F)F. The molecule has 0 saturated carbocycles. The van der Waals surface area contributed by atoms with Crippen LogP contribution < -0.4 is 15.4 Å². The monoisotopic (exact) mass is 466 g/mol. The number of anilines is 4. The highest BCUT2D eigenvalue weighted by Gasteiger charge is 2.35. The molecule has 0 atom stereocenters. The number of nitrogens with zero attached hydrogens (tertiary/aromatic N) is 3. The first-order chi connectivity index (χ1) is 15.1. The van der Waals surface area contributed by atoms with E-state index in [1.807, 2.05) is 0 Å². The van der Waals surface area contributed by atoms with E-state index in [1.165, 1.54) is 6.92 Å². The molecule has 1 aromatic carbocycles. The molecule has 3 rings (SSSR count). The number of aryl methyl sites for hydroxylation is 1.